The number of rotatable bonds is 5. The lowest BCUT2D eigenvalue weighted by atomic mass is 9.77. The maximum atomic E-state index is 12.2. The molecule has 0 aromatic carbocycles. The molecule has 0 aromatic rings. The second-order valence-electron chi connectivity index (χ2n) is 6.56. The average molecular weight is 297 g/mol. The minimum Gasteiger partial charge on any atom is -0.481 e. The molecule has 5 nitrogen and oxygen atoms in total. The standard InChI is InChI=1S/C16H27NO4/c18-14(17-11-13-6-5-9-21-12-13)10-16(15(19)20)7-3-1-2-4-8-16/h13H,1-12H2,(H,17,18)(H,19,20). The Balaban J connectivity index is 1.84. The van der Waals surface area contributed by atoms with E-state index in [9.17, 15) is 14.7 Å². The summed E-state index contributed by atoms with van der Waals surface area (Å²) >= 11 is 0. The van der Waals surface area contributed by atoms with Crippen molar-refractivity contribution in [3.63, 3.8) is 0 Å². The Hall–Kier alpha value is -1.10. The van der Waals surface area contributed by atoms with Gasteiger partial charge < -0.3 is 15.2 Å². The summed E-state index contributed by atoms with van der Waals surface area (Å²) in [6.45, 7) is 2.12. The van der Waals surface area contributed by atoms with Crippen molar-refractivity contribution in [1.29, 1.82) is 0 Å². The zero-order valence-corrected chi connectivity index (χ0v) is 12.7. The topological polar surface area (TPSA) is 75.6 Å². The molecule has 1 amide bonds. The number of amides is 1. The largest absolute Gasteiger partial charge is 0.481 e. The molecular weight excluding hydrogens is 270 g/mol. The highest BCUT2D eigenvalue weighted by molar-refractivity contribution is 5.85. The Morgan fingerprint density at radius 2 is 1.86 bits per heavy atom. The highest BCUT2D eigenvalue weighted by atomic mass is 16.5. The number of hydrogen-bond donors (Lipinski definition) is 2. The van der Waals surface area contributed by atoms with E-state index in [1.807, 2.05) is 0 Å². The first-order chi connectivity index (χ1) is 10.1. The van der Waals surface area contributed by atoms with E-state index < -0.39 is 11.4 Å². The van der Waals surface area contributed by atoms with Crippen LogP contribution >= 0.6 is 0 Å². The van der Waals surface area contributed by atoms with Crippen molar-refractivity contribution in [2.24, 2.45) is 11.3 Å². The summed E-state index contributed by atoms with van der Waals surface area (Å²) in [6.07, 6.45) is 7.47. The normalized spacial score (nSPS) is 25.8. The van der Waals surface area contributed by atoms with Crippen molar-refractivity contribution in [1.82, 2.24) is 5.32 Å². The predicted molar refractivity (Wildman–Crippen MR) is 78.9 cm³/mol. The molecule has 5 heteroatoms. The molecule has 1 saturated carbocycles. The third-order valence-corrected chi connectivity index (χ3v) is 4.86. The summed E-state index contributed by atoms with van der Waals surface area (Å²) in [5, 5.41) is 12.5. The van der Waals surface area contributed by atoms with Crippen molar-refractivity contribution >= 4 is 11.9 Å². The monoisotopic (exact) mass is 297 g/mol. The minimum absolute atomic E-state index is 0.120. The van der Waals surface area contributed by atoms with Crippen LogP contribution in [0.1, 0.15) is 57.8 Å². The second-order valence-corrected chi connectivity index (χ2v) is 6.56. The number of carbonyl (C=O) groups is 2. The zero-order valence-electron chi connectivity index (χ0n) is 12.7. The molecule has 1 atom stereocenters. The molecule has 2 N–H and O–H groups in total. The van der Waals surface area contributed by atoms with Crippen LogP contribution in [0.4, 0.5) is 0 Å². The smallest absolute Gasteiger partial charge is 0.310 e. The van der Waals surface area contributed by atoms with E-state index in [1.54, 1.807) is 0 Å². The molecule has 1 aliphatic carbocycles. The molecule has 21 heavy (non-hydrogen) atoms. The highest BCUT2D eigenvalue weighted by Gasteiger charge is 2.40. The van der Waals surface area contributed by atoms with Crippen LogP contribution in [0.2, 0.25) is 0 Å². The lowest BCUT2D eigenvalue weighted by Gasteiger charge is -2.28. The molecule has 2 rings (SSSR count). The lowest BCUT2D eigenvalue weighted by Crippen LogP contribution is -2.39. The van der Waals surface area contributed by atoms with Gasteiger partial charge in [0.15, 0.2) is 0 Å². The first-order valence-electron chi connectivity index (χ1n) is 8.20. The summed E-state index contributed by atoms with van der Waals surface area (Å²) in [5.41, 5.74) is -0.844. The molecular formula is C16H27NO4. The quantitative estimate of drug-likeness (QED) is 0.764. The fraction of sp³-hybridized carbons (Fsp3) is 0.875. The third kappa shape index (κ3) is 4.70. The fourth-order valence-electron chi connectivity index (χ4n) is 3.47. The van der Waals surface area contributed by atoms with E-state index in [0.29, 0.717) is 31.9 Å². The number of carbonyl (C=O) groups excluding carboxylic acids is 1. The van der Waals surface area contributed by atoms with Crippen molar-refractivity contribution < 1.29 is 19.4 Å². The van der Waals surface area contributed by atoms with Crippen molar-refractivity contribution in [2.45, 2.75) is 57.8 Å². The van der Waals surface area contributed by atoms with Crippen molar-refractivity contribution in [3.8, 4) is 0 Å². The van der Waals surface area contributed by atoms with Gasteiger partial charge in [-0.05, 0) is 31.6 Å². The van der Waals surface area contributed by atoms with E-state index >= 15 is 0 Å². The maximum absolute atomic E-state index is 12.2. The van der Waals surface area contributed by atoms with Gasteiger partial charge in [-0.3, -0.25) is 9.59 Å². The van der Waals surface area contributed by atoms with E-state index in [-0.39, 0.29) is 12.3 Å². The van der Waals surface area contributed by atoms with Crippen LogP contribution in [-0.4, -0.2) is 36.7 Å². The molecule has 1 saturated heterocycles. The first kappa shape index (κ1) is 16.3. The molecule has 1 unspecified atom stereocenters. The van der Waals surface area contributed by atoms with Gasteiger partial charge in [0.1, 0.15) is 0 Å². The van der Waals surface area contributed by atoms with E-state index in [1.165, 1.54) is 0 Å². The van der Waals surface area contributed by atoms with Gasteiger partial charge in [0.2, 0.25) is 5.91 Å². The van der Waals surface area contributed by atoms with Crippen LogP contribution < -0.4 is 5.32 Å². The van der Waals surface area contributed by atoms with E-state index in [0.717, 1.165) is 45.1 Å². The number of carboxylic acid groups (broad SMARTS) is 1. The van der Waals surface area contributed by atoms with Crippen LogP contribution in [0.25, 0.3) is 0 Å². The Kier molecular flexibility index (Phi) is 6.03. The molecule has 0 spiro atoms. The molecule has 2 aliphatic rings. The molecule has 1 heterocycles. The van der Waals surface area contributed by atoms with Crippen molar-refractivity contribution in [2.75, 3.05) is 19.8 Å². The molecule has 0 radical (unpaired) electrons. The lowest BCUT2D eigenvalue weighted by molar-refractivity contribution is -0.153. The van der Waals surface area contributed by atoms with E-state index in [2.05, 4.69) is 5.32 Å². The fourth-order valence-corrected chi connectivity index (χ4v) is 3.47. The Bertz CT molecular complexity index is 355. The predicted octanol–water partition coefficient (Wildman–Crippen LogP) is 2.34. The summed E-state index contributed by atoms with van der Waals surface area (Å²) in [5.74, 6) is -0.553. The highest BCUT2D eigenvalue weighted by Crippen LogP contribution is 2.38. The van der Waals surface area contributed by atoms with Crippen LogP contribution in [0.3, 0.4) is 0 Å². The summed E-state index contributed by atoms with van der Waals surface area (Å²) in [7, 11) is 0. The Morgan fingerprint density at radius 1 is 1.14 bits per heavy atom. The van der Waals surface area contributed by atoms with Gasteiger partial charge in [-0.1, -0.05) is 25.7 Å². The van der Waals surface area contributed by atoms with Gasteiger partial charge in [0.05, 0.1) is 12.0 Å². The number of nitrogens with one attached hydrogen (secondary N) is 1. The van der Waals surface area contributed by atoms with Crippen LogP contribution in [-0.2, 0) is 14.3 Å². The Labute approximate surface area is 126 Å². The zero-order chi connectivity index (χ0) is 15.1. The van der Waals surface area contributed by atoms with Crippen LogP contribution in [0, 0.1) is 11.3 Å². The molecule has 2 fully saturated rings. The van der Waals surface area contributed by atoms with Gasteiger partial charge in [-0.25, -0.2) is 0 Å². The number of aliphatic carboxylic acids is 1. The molecule has 120 valence electrons. The molecule has 0 aromatic heterocycles. The van der Waals surface area contributed by atoms with Crippen molar-refractivity contribution in [3.05, 3.63) is 0 Å². The van der Waals surface area contributed by atoms with Gasteiger partial charge in [-0.2, -0.15) is 0 Å². The average Bonchev–Trinajstić information content (AvgIpc) is 2.73. The number of carboxylic acids is 1. The summed E-state index contributed by atoms with van der Waals surface area (Å²) in [4.78, 5) is 23.8. The molecule has 0 bridgehead atoms. The first-order valence-corrected chi connectivity index (χ1v) is 8.20. The molecule has 1 aliphatic heterocycles. The minimum atomic E-state index is -0.844. The second kappa shape index (κ2) is 7.78. The van der Waals surface area contributed by atoms with Gasteiger partial charge >= 0.3 is 5.97 Å². The number of ether oxygens (including phenoxy) is 1. The van der Waals surface area contributed by atoms with Crippen LogP contribution in [0.15, 0.2) is 0 Å². The van der Waals surface area contributed by atoms with E-state index in [4.69, 9.17) is 4.74 Å². The van der Waals surface area contributed by atoms with Gasteiger partial charge in [0, 0.05) is 19.6 Å². The number of hydrogen-bond acceptors (Lipinski definition) is 3. The maximum Gasteiger partial charge on any atom is 0.310 e. The summed E-state index contributed by atoms with van der Waals surface area (Å²) in [6, 6.07) is 0. The van der Waals surface area contributed by atoms with Crippen LogP contribution in [0.5, 0.6) is 0 Å². The summed E-state index contributed by atoms with van der Waals surface area (Å²) < 4.78 is 5.39. The van der Waals surface area contributed by atoms with Gasteiger partial charge in [-0.15, -0.1) is 0 Å². The SMILES string of the molecule is O=C(CC1(C(=O)O)CCCCCC1)NCC1CCCOC1. The Morgan fingerprint density at radius 3 is 2.43 bits per heavy atom. The van der Waals surface area contributed by atoms with Gasteiger partial charge in [0.25, 0.3) is 0 Å². The third-order valence-electron chi connectivity index (χ3n) is 4.86.